The van der Waals surface area contributed by atoms with E-state index < -0.39 is 17.6 Å². The number of hydrogen-bond donors (Lipinski definition) is 3. The average Bonchev–Trinajstić information content (AvgIpc) is 3.52. The number of aromatic nitrogens is 1. The Hall–Kier alpha value is -4.14. The van der Waals surface area contributed by atoms with E-state index in [0.29, 0.717) is 23.9 Å². The zero-order chi connectivity index (χ0) is 30.8. The molecule has 0 saturated heterocycles. The summed E-state index contributed by atoms with van der Waals surface area (Å²) in [5.41, 5.74) is 5.03. The lowest BCUT2D eigenvalue weighted by Crippen LogP contribution is -2.38. The minimum atomic E-state index is -4.60. The molecule has 1 aliphatic heterocycles. The fourth-order valence-corrected chi connectivity index (χ4v) is 5.17. The molecule has 10 nitrogen and oxygen atoms in total. The summed E-state index contributed by atoms with van der Waals surface area (Å²) in [5, 5.41) is 9.26. The van der Waals surface area contributed by atoms with E-state index in [2.05, 4.69) is 21.2 Å². The molecular weight excluding hydrogens is 569 g/mol. The summed E-state index contributed by atoms with van der Waals surface area (Å²) in [6, 6.07) is 8.86. The molecule has 0 aliphatic carbocycles. The molecule has 0 bridgehead atoms. The van der Waals surface area contributed by atoms with E-state index in [9.17, 15) is 22.8 Å². The topological polar surface area (TPSA) is 96.1 Å². The normalized spacial score (nSPS) is 13.4. The van der Waals surface area contributed by atoms with Crippen LogP contribution in [0.15, 0.2) is 48.8 Å². The quantitative estimate of drug-likeness (QED) is 0.320. The number of benzene rings is 2. The number of hydrogen-bond acceptors (Lipinski definition) is 9. The predicted molar refractivity (Wildman–Crippen MR) is 160 cm³/mol. The highest BCUT2D eigenvalue weighted by atomic mass is 32.1. The molecule has 0 unspecified atom stereocenters. The number of anilines is 4. The Morgan fingerprint density at radius 3 is 2.48 bits per heavy atom. The van der Waals surface area contributed by atoms with Gasteiger partial charge in [-0.1, -0.05) is 17.4 Å². The maximum absolute atomic E-state index is 14.0. The zero-order valence-corrected chi connectivity index (χ0v) is 24.9. The number of amides is 2. The zero-order valence-electron chi connectivity index (χ0n) is 24.1. The number of nitrogens with one attached hydrogen (secondary N) is 3. The average molecular weight is 603 g/mol. The third kappa shape index (κ3) is 7.19. The molecular formula is C28H33F3N8O2S. The maximum Gasteiger partial charge on any atom is 0.418 e. The van der Waals surface area contributed by atoms with Crippen molar-refractivity contribution in [1.29, 1.82) is 0 Å². The summed E-state index contributed by atoms with van der Waals surface area (Å²) in [4.78, 5) is 33.0. The third-order valence-corrected chi connectivity index (χ3v) is 7.43. The Kier molecular flexibility index (Phi) is 9.09. The van der Waals surface area contributed by atoms with Gasteiger partial charge >= 0.3 is 6.18 Å². The number of aryl methyl sites for hydroxylation is 1. The van der Waals surface area contributed by atoms with Crippen LogP contribution in [0.4, 0.5) is 35.4 Å². The number of nitrogens with zero attached hydrogens (tertiary/aromatic N) is 5. The van der Waals surface area contributed by atoms with Crippen molar-refractivity contribution in [3.8, 4) is 0 Å². The highest BCUT2D eigenvalue weighted by Gasteiger charge is 2.35. The van der Waals surface area contributed by atoms with Gasteiger partial charge < -0.3 is 20.4 Å². The first kappa shape index (κ1) is 30.8. The predicted octanol–water partition coefficient (Wildman–Crippen LogP) is 4.85. The number of carbonyl (C=O) groups is 2. The van der Waals surface area contributed by atoms with Gasteiger partial charge in [-0.05, 0) is 56.9 Å². The largest absolute Gasteiger partial charge is 0.418 e. The van der Waals surface area contributed by atoms with Crippen molar-refractivity contribution in [3.05, 3.63) is 70.4 Å². The molecule has 224 valence electrons. The Labute approximate surface area is 246 Å². The minimum absolute atomic E-state index is 0.0388. The molecule has 2 heterocycles. The van der Waals surface area contributed by atoms with Crippen LogP contribution < -0.4 is 26.1 Å². The van der Waals surface area contributed by atoms with Crippen LogP contribution in [0, 0.1) is 6.92 Å². The first-order chi connectivity index (χ1) is 19.7. The number of likely N-dealkylation sites (N-methyl/N-ethyl adjacent to an activating group) is 2. The van der Waals surface area contributed by atoms with Gasteiger partial charge in [0.25, 0.3) is 5.91 Å². The Morgan fingerprint density at radius 1 is 1.07 bits per heavy atom. The van der Waals surface area contributed by atoms with E-state index in [1.807, 2.05) is 39.2 Å². The number of rotatable bonds is 9. The van der Waals surface area contributed by atoms with Crippen LogP contribution in [-0.4, -0.2) is 68.0 Å². The molecule has 0 atom stereocenters. The summed E-state index contributed by atoms with van der Waals surface area (Å²) in [7, 11) is 7.13. The van der Waals surface area contributed by atoms with Crippen molar-refractivity contribution in [2.24, 2.45) is 0 Å². The van der Waals surface area contributed by atoms with Gasteiger partial charge in [-0.15, -0.1) is 5.53 Å². The molecule has 1 aliphatic rings. The molecule has 2 aromatic carbocycles. The molecule has 0 spiro atoms. The summed E-state index contributed by atoms with van der Waals surface area (Å²) >= 11 is 1.31. The monoisotopic (exact) mass is 602 g/mol. The van der Waals surface area contributed by atoms with Crippen LogP contribution in [-0.2, 0) is 11.0 Å². The van der Waals surface area contributed by atoms with E-state index in [1.54, 1.807) is 46.4 Å². The first-order valence-corrected chi connectivity index (χ1v) is 13.8. The van der Waals surface area contributed by atoms with E-state index >= 15 is 0 Å². The lowest BCUT2D eigenvalue weighted by Gasteiger charge is -2.25. The Bertz CT molecular complexity index is 1500. The van der Waals surface area contributed by atoms with Crippen molar-refractivity contribution in [2.75, 3.05) is 61.8 Å². The summed E-state index contributed by atoms with van der Waals surface area (Å²) in [6.45, 7) is 4.28. The van der Waals surface area contributed by atoms with Gasteiger partial charge in [0.2, 0.25) is 5.91 Å². The van der Waals surface area contributed by atoms with Crippen molar-refractivity contribution in [1.82, 2.24) is 20.4 Å². The van der Waals surface area contributed by atoms with Gasteiger partial charge in [-0.3, -0.25) is 19.6 Å². The highest BCUT2D eigenvalue weighted by molar-refractivity contribution is 7.16. The molecule has 4 rings (SSSR count). The number of halogens is 3. The molecule has 1 aromatic heterocycles. The number of hydrazine groups is 2. The van der Waals surface area contributed by atoms with Crippen LogP contribution in [0.2, 0.25) is 0 Å². The second-order valence-corrected chi connectivity index (χ2v) is 11.2. The standard InChI is InChI=1S/C28H33F3N8O2S/c1-17-7-8-19(13-23(17)39-16-24(38(6)35-39)25-15-32-27(42-25)33-18(2)40)26(41)34-20-9-10-22(21(14-20)28(29,30)31)37(5)12-11-36(3)4/h7-10,13-16,35H,11-12H2,1-6H3,(H,34,41)(H,32,33,40). The number of alkyl halides is 3. The molecule has 42 heavy (non-hydrogen) atoms. The van der Waals surface area contributed by atoms with E-state index in [4.69, 9.17) is 0 Å². The molecule has 0 fully saturated rings. The van der Waals surface area contributed by atoms with Gasteiger partial charge in [0.15, 0.2) is 5.13 Å². The van der Waals surface area contributed by atoms with E-state index in [-0.39, 0.29) is 22.8 Å². The maximum atomic E-state index is 14.0. The van der Waals surface area contributed by atoms with Crippen LogP contribution >= 0.6 is 11.3 Å². The van der Waals surface area contributed by atoms with Crippen molar-refractivity contribution in [2.45, 2.75) is 20.0 Å². The van der Waals surface area contributed by atoms with Crippen LogP contribution in [0.3, 0.4) is 0 Å². The lowest BCUT2D eigenvalue weighted by molar-refractivity contribution is -0.137. The first-order valence-electron chi connectivity index (χ1n) is 13.0. The molecule has 3 aromatic rings. The SMILES string of the molecule is CC(=O)Nc1ncc(C2=CN(c3cc(C(=O)Nc4ccc(N(C)CCN(C)C)c(C(F)(F)F)c4)ccc3C)NN2C)s1. The van der Waals surface area contributed by atoms with Crippen molar-refractivity contribution < 1.29 is 22.8 Å². The van der Waals surface area contributed by atoms with Crippen LogP contribution in [0.25, 0.3) is 5.70 Å². The van der Waals surface area contributed by atoms with E-state index in [1.165, 1.54) is 30.4 Å². The smallest absolute Gasteiger partial charge is 0.373 e. The number of carbonyl (C=O) groups excluding carboxylic acids is 2. The van der Waals surface area contributed by atoms with Crippen LogP contribution in [0.1, 0.15) is 33.3 Å². The summed E-state index contributed by atoms with van der Waals surface area (Å²) in [6.07, 6.45) is -1.12. The van der Waals surface area contributed by atoms with Crippen LogP contribution in [0.5, 0.6) is 0 Å². The van der Waals surface area contributed by atoms with E-state index in [0.717, 1.165) is 22.2 Å². The summed E-state index contributed by atoms with van der Waals surface area (Å²) < 4.78 is 41.9. The molecule has 3 N–H and O–H groups in total. The van der Waals surface area contributed by atoms with Gasteiger partial charge in [0, 0.05) is 63.4 Å². The molecule has 0 radical (unpaired) electrons. The Morgan fingerprint density at radius 2 is 1.81 bits per heavy atom. The fourth-order valence-electron chi connectivity index (χ4n) is 4.26. The second kappa shape index (κ2) is 12.4. The minimum Gasteiger partial charge on any atom is -0.373 e. The van der Waals surface area contributed by atoms with Gasteiger partial charge in [0.1, 0.15) is 0 Å². The van der Waals surface area contributed by atoms with Gasteiger partial charge in [-0.25, -0.2) is 4.98 Å². The molecule has 2 amide bonds. The lowest BCUT2D eigenvalue weighted by atomic mass is 10.1. The van der Waals surface area contributed by atoms with Crippen molar-refractivity contribution >= 4 is 51.0 Å². The Balaban J connectivity index is 1.55. The van der Waals surface area contributed by atoms with Gasteiger partial charge in [0.05, 0.1) is 21.8 Å². The summed E-state index contributed by atoms with van der Waals surface area (Å²) in [5.74, 6) is -0.759. The molecule has 14 heteroatoms. The third-order valence-electron chi connectivity index (χ3n) is 6.50. The highest BCUT2D eigenvalue weighted by Crippen LogP contribution is 2.38. The second-order valence-electron chi connectivity index (χ2n) is 10.2. The fraction of sp³-hybridized carbons (Fsp3) is 0.321. The van der Waals surface area contributed by atoms with Crippen molar-refractivity contribution in [3.63, 3.8) is 0 Å². The van der Waals surface area contributed by atoms with Gasteiger partial charge in [-0.2, -0.15) is 13.2 Å². The molecule has 0 saturated carbocycles. The number of thiazole rings is 1.